The second kappa shape index (κ2) is 3.64. The first-order chi connectivity index (χ1) is 7.43. The molecule has 0 aliphatic rings. The molecule has 0 amide bonds. The molecule has 0 atom stereocenters. The van der Waals surface area contributed by atoms with Crippen molar-refractivity contribution in [1.29, 1.82) is 0 Å². The van der Waals surface area contributed by atoms with Crippen LogP contribution in [0.4, 0.5) is 0 Å². The SMILES string of the molecule is Cc1nc2c(cc(C(=O)O)n2C)c(Cl)c1Cl. The van der Waals surface area contributed by atoms with Crippen molar-refractivity contribution >= 4 is 40.2 Å². The summed E-state index contributed by atoms with van der Waals surface area (Å²) in [5.41, 5.74) is 1.23. The zero-order valence-electron chi connectivity index (χ0n) is 8.58. The number of fused-ring (bicyclic) bond motifs is 1. The van der Waals surface area contributed by atoms with Gasteiger partial charge in [0, 0.05) is 12.4 Å². The Morgan fingerprint density at radius 2 is 2.06 bits per heavy atom. The monoisotopic (exact) mass is 258 g/mol. The molecule has 4 nitrogen and oxygen atoms in total. The van der Waals surface area contributed by atoms with E-state index in [0.29, 0.717) is 26.8 Å². The number of carboxylic acids is 1. The third-order valence-corrected chi connectivity index (χ3v) is 3.39. The highest BCUT2D eigenvalue weighted by molar-refractivity contribution is 6.45. The number of pyridine rings is 1. The molecule has 2 rings (SSSR count). The molecule has 0 aliphatic carbocycles. The van der Waals surface area contributed by atoms with E-state index in [9.17, 15) is 4.79 Å². The maximum absolute atomic E-state index is 10.9. The smallest absolute Gasteiger partial charge is 0.352 e. The first-order valence-corrected chi connectivity index (χ1v) is 5.23. The van der Waals surface area contributed by atoms with E-state index in [1.807, 2.05) is 0 Å². The topological polar surface area (TPSA) is 55.1 Å². The van der Waals surface area contributed by atoms with Crippen molar-refractivity contribution < 1.29 is 9.90 Å². The van der Waals surface area contributed by atoms with Gasteiger partial charge in [-0.1, -0.05) is 23.2 Å². The van der Waals surface area contributed by atoms with E-state index in [2.05, 4.69) is 4.98 Å². The maximum Gasteiger partial charge on any atom is 0.352 e. The first-order valence-electron chi connectivity index (χ1n) is 4.47. The maximum atomic E-state index is 10.9. The Morgan fingerprint density at radius 1 is 1.44 bits per heavy atom. The average Bonchev–Trinajstić information content (AvgIpc) is 2.54. The van der Waals surface area contributed by atoms with Gasteiger partial charge < -0.3 is 9.67 Å². The normalized spacial score (nSPS) is 11.0. The van der Waals surface area contributed by atoms with Crippen molar-refractivity contribution in [2.45, 2.75) is 6.92 Å². The summed E-state index contributed by atoms with van der Waals surface area (Å²) in [6.45, 7) is 1.72. The van der Waals surface area contributed by atoms with Gasteiger partial charge in [-0.2, -0.15) is 0 Å². The molecule has 1 N–H and O–H groups in total. The van der Waals surface area contributed by atoms with Crippen LogP contribution < -0.4 is 0 Å². The van der Waals surface area contributed by atoms with Gasteiger partial charge in [0.1, 0.15) is 11.3 Å². The minimum Gasteiger partial charge on any atom is -0.477 e. The lowest BCUT2D eigenvalue weighted by Crippen LogP contribution is -2.04. The molecule has 84 valence electrons. The molecular formula is C10H8Cl2N2O2. The zero-order chi connectivity index (χ0) is 12.0. The molecule has 0 fully saturated rings. The predicted octanol–water partition coefficient (Wildman–Crippen LogP) is 2.89. The molecule has 0 saturated carbocycles. The van der Waals surface area contributed by atoms with Gasteiger partial charge in [0.25, 0.3) is 0 Å². The summed E-state index contributed by atoms with van der Waals surface area (Å²) >= 11 is 12.0. The van der Waals surface area contributed by atoms with E-state index in [-0.39, 0.29) is 5.69 Å². The van der Waals surface area contributed by atoms with Crippen molar-refractivity contribution in [2.24, 2.45) is 7.05 Å². The van der Waals surface area contributed by atoms with Gasteiger partial charge in [0.05, 0.1) is 15.7 Å². The lowest BCUT2D eigenvalue weighted by atomic mass is 10.3. The largest absolute Gasteiger partial charge is 0.477 e. The number of aryl methyl sites for hydroxylation is 2. The molecule has 0 radical (unpaired) electrons. The van der Waals surface area contributed by atoms with Crippen LogP contribution in [-0.2, 0) is 7.05 Å². The minimum absolute atomic E-state index is 0.131. The molecule has 2 heterocycles. The van der Waals surface area contributed by atoms with E-state index in [1.165, 1.54) is 10.6 Å². The van der Waals surface area contributed by atoms with Crippen LogP contribution in [0, 0.1) is 6.92 Å². The Balaban J connectivity index is 2.92. The van der Waals surface area contributed by atoms with Crippen molar-refractivity contribution in [3.63, 3.8) is 0 Å². The highest BCUT2D eigenvalue weighted by Gasteiger charge is 2.17. The molecule has 0 unspecified atom stereocenters. The molecule has 0 bridgehead atoms. The quantitative estimate of drug-likeness (QED) is 0.856. The summed E-state index contributed by atoms with van der Waals surface area (Å²) < 4.78 is 1.48. The Kier molecular flexibility index (Phi) is 2.56. The Bertz CT molecular complexity index is 605. The summed E-state index contributed by atoms with van der Waals surface area (Å²) in [7, 11) is 1.63. The van der Waals surface area contributed by atoms with Crippen LogP contribution >= 0.6 is 23.2 Å². The number of rotatable bonds is 1. The number of hydrogen-bond donors (Lipinski definition) is 1. The van der Waals surface area contributed by atoms with Crippen LogP contribution in [0.1, 0.15) is 16.2 Å². The second-order valence-corrected chi connectivity index (χ2v) is 4.21. The highest BCUT2D eigenvalue weighted by Crippen LogP contribution is 2.33. The van der Waals surface area contributed by atoms with E-state index in [4.69, 9.17) is 28.3 Å². The van der Waals surface area contributed by atoms with Gasteiger partial charge in [-0.15, -0.1) is 0 Å². The van der Waals surface area contributed by atoms with Crippen LogP contribution in [0.5, 0.6) is 0 Å². The third-order valence-electron chi connectivity index (χ3n) is 2.44. The minimum atomic E-state index is -1.02. The highest BCUT2D eigenvalue weighted by atomic mass is 35.5. The number of carboxylic acid groups (broad SMARTS) is 1. The van der Waals surface area contributed by atoms with E-state index in [1.54, 1.807) is 14.0 Å². The van der Waals surface area contributed by atoms with Crippen LogP contribution in [-0.4, -0.2) is 20.6 Å². The van der Waals surface area contributed by atoms with Crippen molar-refractivity contribution in [3.05, 3.63) is 27.5 Å². The fourth-order valence-corrected chi connectivity index (χ4v) is 2.00. The average molecular weight is 259 g/mol. The summed E-state index contributed by atoms with van der Waals surface area (Å²) in [5.74, 6) is -1.02. The van der Waals surface area contributed by atoms with E-state index < -0.39 is 5.97 Å². The van der Waals surface area contributed by atoms with Crippen molar-refractivity contribution in [2.75, 3.05) is 0 Å². The van der Waals surface area contributed by atoms with Gasteiger partial charge in [0.2, 0.25) is 0 Å². The first kappa shape index (κ1) is 11.2. The van der Waals surface area contributed by atoms with Crippen LogP contribution in [0.3, 0.4) is 0 Å². The summed E-state index contributed by atoms with van der Waals surface area (Å²) in [5, 5.41) is 10.2. The van der Waals surface area contributed by atoms with E-state index in [0.717, 1.165) is 0 Å². The van der Waals surface area contributed by atoms with Crippen LogP contribution in [0.15, 0.2) is 6.07 Å². The van der Waals surface area contributed by atoms with Crippen LogP contribution in [0.2, 0.25) is 10.0 Å². The molecular weight excluding hydrogens is 251 g/mol. The predicted molar refractivity (Wildman–Crippen MR) is 62.4 cm³/mol. The fourth-order valence-electron chi connectivity index (χ4n) is 1.58. The summed E-state index contributed by atoms with van der Waals surface area (Å²) in [6.07, 6.45) is 0. The molecule has 0 saturated heterocycles. The molecule has 16 heavy (non-hydrogen) atoms. The number of nitrogens with zero attached hydrogens (tertiary/aromatic N) is 2. The van der Waals surface area contributed by atoms with Crippen LogP contribution in [0.25, 0.3) is 11.0 Å². The number of carbonyl (C=O) groups is 1. The Morgan fingerprint density at radius 3 is 2.62 bits per heavy atom. The molecule has 6 heteroatoms. The number of aromatic nitrogens is 2. The molecule has 2 aromatic rings. The molecule has 0 spiro atoms. The number of hydrogen-bond acceptors (Lipinski definition) is 2. The Labute approximate surface area is 101 Å². The molecule has 2 aromatic heterocycles. The van der Waals surface area contributed by atoms with Crippen molar-refractivity contribution in [1.82, 2.24) is 9.55 Å². The lowest BCUT2D eigenvalue weighted by molar-refractivity contribution is 0.0687. The van der Waals surface area contributed by atoms with Crippen molar-refractivity contribution in [3.8, 4) is 0 Å². The van der Waals surface area contributed by atoms with Gasteiger partial charge in [-0.05, 0) is 13.0 Å². The standard InChI is InChI=1S/C10H8Cl2N2O2/c1-4-7(11)8(12)5-3-6(10(15)16)14(2)9(5)13-4/h3H,1-2H3,(H,15,16). The Hall–Kier alpha value is -1.26. The summed E-state index contributed by atoms with van der Waals surface area (Å²) in [6, 6.07) is 1.47. The lowest BCUT2D eigenvalue weighted by Gasteiger charge is -2.03. The fraction of sp³-hybridized carbons (Fsp3) is 0.200. The summed E-state index contributed by atoms with van der Waals surface area (Å²) in [4.78, 5) is 15.2. The van der Waals surface area contributed by atoms with Gasteiger partial charge in [0.15, 0.2) is 0 Å². The number of aromatic carboxylic acids is 1. The van der Waals surface area contributed by atoms with Gasteiger partial charge in [-0.25, -0.2) is 9.78 Å². The van der Waals surface area contributed by atoms with Gasteiger partial charge in [-0.3, -0.25) is 0 Å². The second-order valence-electron chi connectivity index (χ2n) is 3.46. The molecule has 0 aliphatic heterocycles. The third kappa shape index (κ3) is 1.45. The van der Waals surface area contributed by atoms with E-state index >= 15 is 0 Å². The number of halogens is 2. The molecule has 0 aromatic carbocycles. The van der Waals surface area contributed by atoms with Gasteiger partial charge >= 0.3 is 5.97 Å². The zero-order valence-corrected chi connectivity index (χ0v) is 10.1.